The molecular formula is C8H7BrINO2. The number of rotatable bonds is 2. The normalized spacial score (nSPS) is 9.69. The van der Waals surface area contributed by atoms with E-state index in [9.17, 15) is 9.90 Å². The Hall–Kier alpha value is -0.300. The van der Waals surface area contributed by atoms with Crippen LogP contribution in [-0.4, -0.2) is 11.0 Å². The van der Waals surface area contributed by atoms with E-state index in [0.29, 0.717) is 10.9 Å². The van der Waals surface area contributed by atoms with Gasteiger partial charge in [0.25, 0.3) is 5.91 Å². The monoisotopic (exact) mass is 355 g/mol. The first-order chi connectivity index (χ1) is 6.19. The summed E-state index contributed by atoms with van der Waals surface area (Å²) in [5.41, 5.74) is 1.22. The summed E-state index contributed by atoms with van der Waals surface area (Å²) >= 11 is 4.99. The minimum absolute atomic E-state index is 0.00566. The average molecular weight is 356 g/mol. The maximum atomic E-state index is 11.1. The lowest BCUT2D eigenvalue weighted by Crippen LogP contribution is -2.11. The zero-order valence-corrected chi connectivity index (χ0v) is 10.3. The van der Waals surface area contributed by atoms with Crippen LogP contribution in [0.1, 0.15) is 15.9 Å². The molecular weight excluding hydrogens is 349 g/mol. The van der Waals surface area contributed by atoms with Gasteiger partial charge in [-0.25, -0.2) is 0 Å². The van der Waals surface area contributed by atoms with Crippen LogP contribution in [0.25, 0.3) is 0 Å². The average Bonchev–Trinajstić information content (AvgIpc) is 2.16. The first-order valence-electron chi connectivity index (χ1n) is 3.48. The van der Waals surface area contributed by atoms with Crippen molar-refractivity contribution in [3.05, 3.63) is 29.3 Å². The molecule has 1 amide bonds. The molecule has 0 aromatic heterocycles. The van der Waals surface area contributed by atoms with Crippen LogP contribution in [0.5, 0.6) is 5.75 Å². The van der Waals surface area contributed by atoms with Gasteiger partial charge in [0.1, 0.15) is 5.75 Å². The number of nitrogens with one attached hydrogen (secondary N) is 1. The largest absolute Gasteiger partial charge is 0.507 e. The highest BCUT2D eigenvalue weighted by atomic mass is 127. The van der Waals surface area contributed by atoms with E-state index in [2.05, 4.69) is 19.5 Å². The number of aromatic hydroxyl groups is 1. The third kappa shape index (κ3) is 2.57. The highest BCUT2D eigenvalue weighted by molar-refractivity contribution is 14.1. The Kier molecular flexibility index (Phi) is 3.98. The number of benzene rings is 1. The lowest BCUT2D eigenvalue weighted by atomic mass is 10.1. The van der Waals surface area contributed by atoms with Gasteiger partial charge >= 0.3 is 0 Å². The third-order valence-electron chi connectivity index (χ3n) is 1.55. The summed E-state index contributed by atoms with van der Waals surface area (Å²) in [5, 5.41) is 10.1. The van der Waals surface area contributed by atoms with Crippen LogP contribution in [0.4, 0.5) is 0 Å². The summed E-state index contributed by atoms with van der Waals surface area (Å²) in [4.78, 5) is 11.1. The van der Waals surface area contributed by atoms with Crippen LogP contribution in [0.2, 0.25) is 0 Å². The third-order valence-corrected chi connectivity index (χ3v) is 2.68. The van der Waals surface area contributed by atoms with Crippen LogP contribution in [0, 0.1) is 0 Å². The van der Waals surface area contributed by atoms with Gasteiger partial charge in [0.05, 0.1) is 28.4 Å². The molecule has 1 aromatic rings. The molecule has 3 nitrogen and oxygen atoms in total. The fourth-order valence-electron chi connectivity index (χ4n) is 0.903. The highest BCUT2D eigenvalue weighted by Crippen LogP contribution is 2.20. The molecule has 0 unspecified atom stereocenters. The van der Waals surface area contributed by atoms with Crippen molar-refractivity contribution in [1.82, 2.24) is 3.53 Å². The predicted molar refractivity (Wildman–Crippen MR) is 62.2 cm³/mol. The number of carbonyl (C=O) groups excluding carboxylic acids is 1. The molecule has 1 rings (SSSR count). The zero-order chi connectivity index (χ0) is 9.84. The van der Waals surface area contributed by atoms with Crippen molar-refractivity contribution in [1.29, 1.82) is 0 Å². The molecule has 0 saturated heterocycles. The predicted octanol–water partition coefficient (Wildman–Crippen LogP) is 2.37. The zero-order valence-electron chi connectivity index (χ0n) is 6.55. The molecule has 0 heterocycles. The van der Waals surface area contributed by atoms with Gasteiger partial charge in [0.2, 0.25) is 0 Å². The number of hydrogen-bond acceptors (Lipinski definition) is 2. The molecule has 70 valence electrons. The Labute approximate surface area is 98.2 Å². The van der Waals surface area contributed by atoms with E-state index in [-0.39, 0.29) is 11.7 Å². The van der Waals surface area contributed by atoms with E-state index in [1.54, 1.807) is 41.1 Å². The molecule has 0 bridgehead atoms. The summed E-state index contributed by atoms with van der Waals surface area (Å²) < 4.78 is 2.42. The number of alkyl halides is 1. The summed E-state index contributed by atoms with van der Waals surface area (Å²) in [5.74, 6) is -0.287. The second-order valence-corrected chi connectivity index (χ2v) is 3.51. The first-order valence-corrected chi connectivity index (χ1v) is 5.68. The lowest BCUT2D eigenvalue weighted by molar-refractivity contribution is 0.0987. The number of amides is 1. The summed E-state index contributed by atoms with van der Waals surface area (Å²) in [6.45, 7) is 0. The molecule has 0 fully saturated rings. The number of phenols is 1. The minimum Gasteiger partial charge on any atom is -0.507 e. The van der Waals surface area contributed by atoms with Crippen molar-refractivity contribution in [2.45, 2.75) is 5.33 Å². The SMILES string of the molecule is O=C(NI)c1ccc(CBr)cc1O. The highest BCUT2D eigenvalue weighted by Gasteiger charge is 2.09. The first kappa shape index (κ1) is 10.8. The van der Waals surface area contributed by atoms with Crippen molar-refractivity contribution in [3.8, 4) is 5.75 Å². The number of hydrogen-bond donors (Lipinski definition) is 2. The van der Waals surface area contributed by atoms with Crippen molar-refractivity contribution in [2.24, 2.45) is 0 Å². The Balaban J connectivity index is 3.05. The van der Waals surface area contributed by atoms with Crippen LogP contribution in [0.3, 0.4) is 0 Å². The van der Waals surface area contributed by atoms with Crippen LogP contribution in [-0.2, 0) is 5.33 Å². The molecule has 0 aliphatic heterocycles. The van der Waals surface area contributed by atoms with Gasteiger partial charge in [0.15, 0.2) is 0 Å². The second kappa shape index (κ2) is 4.80. The topological polar surface area (TPSA) is 49.3 Å². The van der Waals surface area contributed by atoms with Gasteiger partial charge in [-0.15, -0.1) is 0 Å². The Morgan fingerprint density at radius 2 is 2.31 bits per heavy atom. The smallest absolute Gasteiger partial charge is 0.263 e. The van der Waals surface area contributed by atoms with E-state index < -0.39 is 0 Å². The maximum Gasteiger partial charge on any atom is 0.263 e. The van der Waals surface area contributed by atoms with Gasteiger partial charge in [0, 0.05) is 5.33 Å². The van der Waals surface area contributed by atoms with Crippen molar-refractivity contribution in [2.75, 3.05) is 0 Å². The summed E-state index contributed by atoms with van der Waals surface area (Å²) in [6.07, 6.45) is 0. The number of phenolic OH excluding ortho intramolecular Hbond substituents is 1. The fraction of sp³-hybridized carbons (Fsp3) is 0.125. The Bertz CT molecular complexity index is 330. The molecule has 0 aliphatic rings. The molecule has 13 heavy (non-hydrogen) atoms. The molecule has 5 heteroatoms. The molecule has 2 N–H and O–H groups in total. The van der Waals surface area contributed by atoms with Gasteiger partial charge in [-0.05, 0) is 17.7 Å². The molecule has 0 spiro atoms. The van der Waals surface area contributed by atoms with Gasteiger partial charge < -0.3 is 5.11 Å². The molecule has 0 saturated carbocycles. The van der Waals surface area contributed by atoms with Gasteiger partial charge in [-0.1, -0.05) is 22.0 Å². The second-order valence-electron chi connectivity index (χ2n) is 2.41. The van der Waals surface area contributed by atoms with E-state index in [4.69, 9.17) is 0 Å². The fourth-order valence-corrected chi connectivity index (χ4v) is 1.54. The van der Waals surface area contributed by atoms with Gasteiger partial charge in [-0.3, -0.25) is 8.32 Å². The number of carbonyl (C=O) groups is 1. The standard InChI is InChI=1S/C8H7BrINO2/c9-4-5-1-2-6(7(12)3-5)8(13)11-10/h1-3,12H,4H2,(H,11,13). The van der Waals surface area contributed by atoms with Crippen LogP contribution < -0.4 is 3.53 Å². The van der Waals surface area contributed by atoms with Crippen molar-refractivity contribution < 1.29 is 9.90 Å². The molecule has 0 radical (unpaired) electrons. The van der Waals surface area contributed by atoms with Gasteiger partial charge in [-0.2, -0.15) is 0 Å². The minimum atomic E-state index is -0.292. The molecule has 1 aromatic carbocycles. The molecule has 0 atom stereocenters. The van der Waals surface area contributed by atoms with Crippen LogP contribution in [0.15, 0.2) is 18.2 Å². The summed E-state index contributed by atoms with van der Waals surface area (Å²) in [6, 6.07) is 4.95. The Morgan fingerprint density at radius 1 is 1.62 bits per heavy atom. The quantitative estimate of drug-likeness (QED) is 0.486. The maximum absolute atomic E-state index is 11.1. The Morgan fingerprint density at radius 3 is 2.77 bits per heavy atom. The molecule has 0 aliphatic carbocycles. The lowest BCUT2D eigenvalue weighted by Gasteiger charge is -2.03. The van der Waals surface area contributed by atoms with E-state index >= 15 is 0 Å². The summed E-state index contributed by atoms with van der Waals surface area (Å²) in [7, 11) is 0. The van der Waals surface area contributed by atoms with E-state index in [1.807, 2.05) is 0 Å². The number of halogens is 2. The van der Waals surface area contributed by atoms with Crippen LogP contribution >= 0.6 is 38.8 Å². The van der Waals surface area contributed by atoms with E-state index in [0.717, 1.165) is 5.56 Å². The van der Waals surface area contributed by atoms with E-state index in [1.165, 1.54) is 0 Å². The van der Waals surface area contributed by atoms with Crippen molar-refractivity contribution in [3.63, 3.8) is 0 Å². The van der Waals surface area contributed by atoms with Crippen molar-refractivity contribution >= 4 is 44.7 Å².